The van der Waals surface area contributed by atoms with Crippen molar-refractivity contribution >= 4 is 17.8 Å². The van der Waals surface area contributed by atoms with Gasteiger partial charge in [0.05, 0.1) is 16.8 Å². The number of alkyl halides is 3. The fraction of sp³-hybridized carbons (Fsp3) is 0.278. The van der Waals surface area contributed by atoms with E-state index in [0.29, 0.717) is 17.3 Å². The summed E-state index contributed by atoms with van der Waals surface area (Å²) < 4.78 is 42.9. The van der Waals surface area contributed by atoms with E-state index in [1.807, 2.05) is 19.9 Å². The lowest BCUT2D eigenvalue weighted by atomic mass is 10.2. The Morgan fingerprint density at radius 3 is 2.26 bits per heavy atom. The molecule has 9 heteroatoms. The van der Waals surface area contributed by atoms with Crippen molar-refractivity contribution in [2.24, 2.45) is 5.10 Å². The van der Waals surface area contributed by atoms with Gasteiger partial charge in [-0.25, -0.2) is 4.68 Å². The predicted molar refractivity (Wildman–Crippen MR) is 97.7 cm³/mol. The molecule has 0 unspecified atom stereocenters. The van der Waals surface area contributed by atoms with Crippen molar-refractivity contribution < 1.29 is 13.2 Å². The van der Waals surface area contributed by atoms with Crippen LogP contribution in [0, 0.1) is 27.7 Å². The molecular formula is C18H17ClF3N5. The van der Waals surface area contributed by atoms with Gasteiger partial charge >= 0.3 is 6.18 Å². The standard InChI is InChI=1S/C18H17ClF3N5/c1-10-7-14(9-23-27-12(3)24-25-13(27)4)11(2)26(10)15-5-6-17(19)16(8-15)18(20,21)22/h5-9H,1-4H3/b23-9+. The van der Waals surface area contributed by atoms with Gasteiger partial charge in [0.1, 0.15) is 0 Å². The maximum absolute atomic E-state index is 13.2. The van der Waals surface area contributed by atoms with E-state index >= 15 is 0 Å². The van der Waals surface area contributed by atoms with Crippen molar-refractivity contribution in [3.63, 3.8) is 0 Å². The van der Waals surface area contributed by atoms with Crippen LogP contribution in [0.1, 0.15) is 34.2 Å². The molecule has 0 bridgehead atoms. The van der Waals surface area contributed by atoms with Crippen LogP contribution in [-0.4, -0.2) is 25.7 Å². The summed E-state index contributed by atoms with van der Waals surface area (Å²) in [6.07, 6.45) is -2.88. The van der Waals surface area contributed by atoms with Gasteiger partial charge in [-0.2, -0.15) is 18.3 Å². The first kappa shape index (κ1) is 19.2. The van der Waals surface area contributed by atoms with Gasteiger partial charge in [0.25, 0.3) is 0 Å². The number of hydrogen-bond donors (Lipinski definition) is 0. The van der Waals surface area contributed by atoms with E-state index in [9.17, 15) is 13.2 Å². The van der Waals surface area contributed by atoms with Crippen molar-refractivity contribution in [3.8, 4) is 5.69 Å². The second-order valence-corrected chi connectivity index (χ2v) is 6.58. The highest BCUT2D eigenvalue weighted by Crippen LogP contribution is 2.36. The topological polar surface area (TPSA) is 48.0 Å². The van der Waals surface area contributed by atoms with Crippen LogP contribution in [0.5, 0.6) is 0 Å². The molecule has 0 saturated carbocycles. The summed E-state index contributed by atoms with van der Waals surface area (Å²) in [5, 5.41) is 11.9. The molecule has 0 N–H and O–H groups in total. The average molecular weight is 396 g/mol. The molecule has 0 spiro atoms. The zero-order valence-corrected chi connectivity index (χ0v) is 15.9. The van der Waals surface area contributed by atoms with Crippen LogP contribution in [0.25, 0.3) is 5.69 Å². The van der Waals surface area contributed by atoms with E-state index in [4.69, 9.17) is 11.6 Å². The molecule has 142 valence electrons. The monoisotopic (exact) mass is 395 g/mol. The Morgan fingerprint density at radius 1 is 1.04 bits per heavy atom. The highest BCUT2D eigenvalue weighted by atomic mass is 35.5. The van der Waals surface area contributed by atoms with E-state index in [1.54, 1.807) is 35.4 Å². The number of nitrogens with zero attached hydrogens (tertiary/aromatic N) is 5. The van der Waals surface area contributed by atoms with Crippen molar-refractivity contribution in [3.05, 3.63) is 63.5 Å². The van der Waals surface area contributed by atoms with Gasteiger partial charge in [0, 0.05) is 22.6 Å². The summed E-state index contributed by atoms with van der Waals surface area (Å²) in [5.41, 5.74) is 1.85. The first-order chi connectivity index (χ1) is 12.6. The molecule has 0 aliphatic rings. The maximum Gasteiger partial charge on any atom is 0.417 e. The third kappa shape index (κ3) is 3.62. The number of aromatic nitrogens is 4. The van der Waals surface area contributed by atoms with E-state index in [0.717, 1.165) is 23.0 Å². The van der Waals surface area contributed by atoms with Gasteiger partial charge in [0.2, 0.25) is 0 Å². The van der Waals surface area contributed by atoms with Crippen LogP contribution in [-0.2, 0) is 6.18 Å². The summed E-state index contributed by atoms with van der Waals surface area (Å²) in [4.78, 5) is 0. The Labute approximate surface area is 159 Å². The van der Waals surface area contributed by atoms with Gasteiger partial charge in [-0.1, -0.05) is 11.6 Å². The molecule has 0 aliphatic carbocycles. The fourth-order valence-electron chi connectivity index (χ4n) is 2.94. The fourth-order valence-corrected chi connectivity index (χ4v) is 3.16. The molecule has 0 saturated heterocycles. The third-order valence-corrected chi connectivity index (χ3v) is 4.58. The molecule has 1 aromatic carbocycles. The smallest absolute Gasteiger partial charge is 0.318 e. The summed E-state index contributed by atoms with van der Waals surface area (Å²) >= 11 is 5.72. The van der Waals surface area contributed by atoms with Gasteiger partial charge in [-0.05, 0) is 52.0 Å². The highest BCUT2D eigenvalue weighted by molar-refractivity contribution is 6.31. The number of rotatable bonds is 3. The molecule has 3 aromatic rings. The molecule has 2 heterocycles. The summed E-state index contributed by atoms with van der Waals surface area (Å²) in [7, 11) is 0. The number of aryl methyl sites for hydroxylation is 3. The van der Waals surface area contributed by atoms with Crippen LogP contribution in [0.15, 0.2) is 29.4 Å². The highest BCUT2D eigenvalue weighted by Gasteiger charge is 2.33. The molecule has 0 fully saturated rings. The van der Waals surface area contributed by atoms with Gasteiger partial charge in [-0.3, -0.25) is 0 Å². The molecule has 0 atom stereocenters. The molecule has 2 aromatic heterocycles. The largest absolute Gasteiger partial charge is 0.417 e. The number of benzene rings is 1. The molecule has 0 radical (unpaired) electrons. The Morgan fingerprint density at radius 2 is 1.67 bits per heavy atom. The van der Waals surface area contributed by atoms with E-state index in [1.165, 1.54) is 6.07 Å². The SMILES string of the molecule is Cc1nnc(C)n1/N=C/c1cc(C)n(-c2ccc(Cl)c(C(F)(F)F)c2)c1C. The second kappa shape index (κ2) is 6.84. The van der Waals surface area contributed by atoms with Crippen molar-refractivity contribution in [1.82, 2.24) is 19.4 Å². The molecule has 0 aliphatic heterocycles. The lowest BCUT2D eigenvalue weighted by molar-refractivity contribution is -0.137. The van der Waals surface area contributed by atoms with Crippen molar-refractivity contribution in [2.75, 3.05) is 0 Å². The minimum atomic E-state index is -4.52. The Hall–Kier alpha value is -2.61. The first-order valence-electron chi connectivity index (χ1n) is 8.08. The minimum Gasteiger partial charge on any atom is -0.318 e. The van der Waals surface area contributed by atoms with Crippen LogP contribution < -0.4 is 0 Å². The van der Waals surface area contributed by atoms with Gasteiger partial charge in [-0.15, -0.1) is 10.2 Å². The molecule has 27 heavy (non-hydrogen) atoms. The van der Waals surface area contributed by atoms with E-state index in [2.05, 4.69) is 15.3 Å². The quantitative estimate of drug-likeness (QED) is 0.595. The van der Waals surface area contributed by atoms with Gasteiger partial charge in [0.15, 0.2) is 11.6 Å². The minimum absolute atomic E-state index is 0.325. The lowest BCUT2D eigenvalue weighted by Gasteiger charge is -2.14. The maximum atomic E-state index is 13.2. The van der Waals surface area contributed by atoms with E-state index < -0.39 is 11.7 Å². The second-order valence-electron chi connectivity index (χ2n) is 6.17. The number of halogens is 4. The molecular weight excluding hydrogens is 379 g/mol. The summed E-state index contributed by atoms with van der Waals surface area (Å²) in [5.74, 6) is 1.29. The summed E-state index contributed by atoms with van der Waals surface area (Å²) in [6, 6.07) is 5.73. The van der Waals surface area contributed by atoms with Crippen LogP contribution in [0.3, 0.4) is 0 Å². The lowest BCUT2D eigenvalue weighted by Crippen LogP contribution is -2.08. The molecule has 3 rings (SSSR count). The Bertz CT molecular complexity index is 1010. The molecule has 5 nitrogen and oxygen atoms in total. The average Bonchev–Trinajstić information content (AvgIpc) is 3.04. The normalized spacial score (nSPS) is 12.3. The Kier molecular flexibility index (Phi) is 4.86. The third-order valence-electron chi connectivity index (χ3n) is 4.25. The van der Waals surface area contributed by atoms with Crippen molar-refractivity contribution in [2.45, 2.75) is 33.9 Å². The molecule has 0 amide bonds. The zero-order valence-electron chi connectivity index (χ0n) is 15.1. The van der Waals surface area contributed by atoms with Crippen LogP contribution in [0.4, 0.5) is 13.2 Å². The van der Waals surface area contributed by atoms with E-state index in [-0.39, 0.29) is 5.02 Å². The first-order valence-corrected chi connectivity index (χ1v) is 8.46. The van der Waals surface area contributed by atoms with Crippen LogP contribution in [0.2, 0.25) is 5.02 Å². The van der Waals surface area contributed by atoms with Gasteiger partial charge < -0.3 is 4.57 Å². The van der Waals surface area contributed by atoms with Crippen LogP contribution >= 0.6 is 11.6 Å². The number of hydrogen-bond acceptors (Lipinski definition) is 3. The predicted octanol–water partition coefficient (Wildman–Crippen LogP) is 4.86. The zero-order chi connectivity index (χ0) is 19.9. The summed E-state index contributed by atoms with van der Waals surface area (Å²) in [6.45, 7) is 7.21. The van der Waals surface area contributed by atoms with Crippen molar-refractivity contribution in [1.29, 1.82) is 0 Å². The Balaban J connectivity index is 2.05.